The Balaban J connectivity index is 2.21. The number of rotatable bonds is 8. The first-order chi connectivity index (χ1) is 13.3. The molecule has 2 rings (SSSR count). The molecule has 0 aromatic heterocycles. The Morgan fingerprint density at radius 3 is 2.39 bits per heavy atom. The fraction of sp³-hybridized carbons (Fsp3) is 0.556. The lowest BCUT2D eigenvalue weighted by Crippen LogP contribution is -2.40. The molecule has 1 aromatic carbocycles. The monoisotopic (exact) mass is 414 g/mol. The molecule has 1 aliphatic rings. The number of benzene rings is 1. The zero-order valence-corrected chi connectivity index (χ0v) is 17.2. The third kappa shape index (κ3) is 5.00. The van der Waals surface area contributed by atoms with Crippen molar-refractivity contribution in [3.05, 3.63) is 23.8 Å². The van der Waals surface area contributed by atoms with Gasteiger partial charge in [0.05, 0.1) is 25.9 Å². The summed E-state index contributed by atoms with van der Waals surface area (Å²) in [4.78, 5) is 25.7. The zero-order chi connectivity index (χ0) is 20.7. The van der Waals surface area contributed by atoms with Crippen LogP contribution in [0.15, 0.2) is 23.1 Å². The summed E-state index contributed by atoms with van der Waals surface area (Å²) < 4.78 is 42.6. The number of likely N-dealkylation sites (N-methyl/N-ethyl adjacent to an activating group) is 1. The lowest BCUT2D eigenvalue weighted by atomic mass is 10.2. The maximum atomic E-state index is 13.0. The molecule has 1 saturated heterocycles. The molecule has 0 bridgehead atoms. The summed E-state index contributed by atoms with van der Waals surface area (Å²) in [6, 6.07) is 4.02. The maximum absolute atomic E-state index is 13.0. The van der Waals surface area contributed by atoms with Crippen molar-refractivity contribution < 1.29 is 32.2 Å². The quantitative estimate of drug-likeness (QED) is 0.578. The summed E-state index contributed by atoms with van der Waals surface area (Å²) >= 11 is 0. The van der Waals surface area contributed by atoms with E-state index in [1.165, 1.54) is 34.5 Å². The first-order valence-corrected chi connectivity index (χ1v) is 10.5. The molecule has 1 aromatic rings. The van der Waals surface area contributed by atoms with E-state index in [-0.39, 0.29) is 35.2 Å². The summed E-state index contributed by atoms with van der Waals surface area (Å²) in [7, 11) is -2.51. The number of esters is 1. The van der Waals surface area contributed by atoms with E-state index in [1.54, 1.807) is 0 Å². The van der Waals surface area contributed by atoms with E-state index in [2.05, 4.69) is 0 Å². The minimum Gasteiger partial charge on any atom is -0.495 e. The van der Waals surface area contributed by atoms with Gasteiger partial charge in [-0.25, -0.2) is 13.2 Å². The Labute approximate surface area is 165 Å². The van der Waals surface area contributed by atoms with Crippen LogP contribution in [0.2, 0.25) is 0 Å². The van der Waals surface area contributed by atoms with Gasteiger partial charge in [0.25, 0.3) is 5.91 Å². The van der Waals surface area contributed by atoms with E-state index in [1.807, 2.05) is 13.8 Å². The summed E-state index contributed by atoms with van der Waals surface area (Å²) in [5.74, 6) is -0.961. The molecule has 0 aliphatic carbocycles. The lowest BCUT2D eigenvalue weighted by Gasteiger charge is -2.26. The fourth-order valence-corrected chi connectivity index (χ4v) is 4.40. The van der Waals surface area contributed by atoms with Crippen LogP contribution in [0.5, 0.6) is 5.75 Å². The van der Waals surface area contributed by atoms with Gasteiger partial charge in [0, 0.05) is 26.2 Å². The van der Waals surface area contributed by atoms with E-state index in [0.717, 1.165) is 0 Å². The average Bonchev–Trinajstić information content (AvgIpc) is 2.73. The molecule has 1 heterocycles. The highest BCUT2D eigenvalue weighted by Crippen LogP contribution is 2.28. The van der Waals surface area contributed by atoms with Gasteiger partial charge in [-0.3, -0.25) is 4.79 Å². The first kappa shape index (κ1) is 22.1. The second-order valence-corrected chi connectivity index (χ2v) is 7.93. The molecule has 0 spiro atoms. The van der Waals surface area contributed by atoms with Crippen molar-refractivity contribution in [2.45, 2.75) is 18.7 Å². The number of carbonyl (C=O) groups is 2. The molecule has 1 aliphatic heterocycles. The topological polar surface area (TPSA) is 102 Å². The molecule has 10 heteroatoms. The van der Waals surface area contributed by atoms with Gasteiger partial charge >= 0.3 is 5.97 Å². The van der Waals surface area contributed by atoms with Crippen LogP contribution in [0.25, 0.3) is 0 Å². The molecule has 0 N–H and O–H groups in total. The Kier molecular flexibility index (Phi) is 7.78. The summed E-state index contributed by atoms with van der Waals surface area (Å²) in [6.07, 6.45) is 0. The summed E-state index contributed by atoms with van der Waals surface area (Å²) in [5.41, 5.74) is 0.0278. The highest BCUT2D eigenvalue weighted by atomic mass is 32.2. The standard InChI is InChI=1S/C18H26N2O7S/c1-4-19(5-2)17(21)13-27-18(22)14-6-7-15(25-3)16(12-14)28(23,24)20-8-10-26-11-9-20/h6-7,12H,4-5,8-11,13H2,1-3H3. The van der Waals surface area contributed by atoms with E-state index >= 15 is 0 Å². The highest BCUT2D eigenvalue weighted by molar-refractivity contribution is 7.89. The smallest absolute Gasteiger partial charge is 0.338 e. The van der Waals surface area contributed by atoms with Gasteiger partial charge in [-0.05, 0) is 32.0 Å². The van der Waals surface area contributed by atoms with Crippen molar-refractivity contribution in [3.63, 3.8) is 0 Å². The lowest BCUT2D eigenvalue weighted by molar-refractivity contribution is -0.134. The summed E-state index contributed by atoms with van der Waals surface area (Å²) in [6.45, 7) is 5.32. The van der Waals surface area contributed by atoms with Crippen LogP contribution in [0.3, 0.4) is 0 Å². The third-order valence-corrected chi connectivity index (χ3v) is 6.35. The molecule has 0 radical (unpaired) electrons. The van der Waals surface area contributed by atoms with E-state index in [4.69, 9.17) is 14.2 Å². The number of hydrogen-bond acceptors (Lipinski definition) is 7. The van der Waals surface area contributed by atoms with Crippen LogP contribution in [0.1, 0.15) is 24.2 Å². The molecule has 9 nitrogen and oxygen atoms in total. The second-order valence-electron chi connectivity index (χ2n) is 6.02. The predicted molar refractivity (Wildman–Crippen MR) is 101 cm³/mol. The maximum Gasteiger partial charge on any atom is 0.338 e. The number of nitrogens with zero attached hydrogens (tertiary/aromatic N) is 2. The molecule has 0 atom stereocenters. The molecule has 1 fully saturated rings. The Morgan fingerprint density at radius 2 is 1.82 bits per heavy atom. The Bertz CT molecular complexity index is 800. The number of hydrogen-bond donors (Lipinski definition) is 0. The van der Waals surface area contributed by atoms with Crippen molar-refractivity contribution in [1.29, 1.82) is 0 Å². The van der Waals surface area contributed by atoms with E-state index < -0.39 is 22.6 Å². The van der Waals surface area contributed by atoms with Gasteiger partial charge in [-0.1, -0.05) is 0 Å². The normalized spacial score (nSPS) is 15.1. The third-order valence-electron chi connectivity index (χ3n) is 4.43. The molecular formula is C18H26N2O7S. The molecule has 156 valence electrons. The van der Waals surface area contributed by atoms with Crippen LogP contribution in [-0.2, 0) is 24.3 Å². The first-order valence-electron chi connectivity index (χ1n) is 9.06. The minimum atomic E-state index is -3.87. The minimum absolute atomic E-state index is 0.0278. The number of morpholine rings is 1. The largest absolute Gasteiger partial charge is 0.495 e. The highest BCUT2D eigenvalue weighted by Gasteiger charge is 2.30. The van der Waals surface area contributed by atoms with Crippen molar-refractivity contribution in [2.75, 3.05) is 53.1 Å². The van der Waals surface area contributed by atoms with Gasteiger partial charge in [0.15, 0.2) is 6.61 Å². The van der Waals surface area contributed by atoms with Gasteiger partial charge in [-0.2, -0.15) is 4.31 Å². The van der Waals surface area contributed by atoms with Gasteiger partial charge in [-0.15, -0.1) is 0 Å². The van der Waals surface area contributed by atoms with Crippen LogP contribution < -0.4 is 4.74 Å². The van der Waals surface area contributed by atoms with Gasteiger partial charge < -0.3 is 19.1 Å². The molecule has 0 saturated carbocycles. The Morgan fingerprint density at radius 1 is 1.18 bits per heavy atom. The molecule has 1 amide bonds. The SMILES string of the molecule is CCN(CC)C(=O)COC(=O)c1ccc(OC)c(S(=O)(=O)N2CCOCC2)c1. The van der Waals surface area contributed by atoms with Gasteiger partial charge in [0.2, 0.25) is 10.0 Å². The van der Waals surface area contributed by atoms with E-state index in [9.17, 15) is 18.0 Å². The second kappa shape index (κ2) is 9.85. The molecule has 28 heavy (non-hydrogen) atoms. The average molecular weight is 414 g/mol. The van der Waals surface area contributed by atoms with Crippen LogP contribution in [-0.4, -0.2) is 82.6 Å². The van der Waals surface area contributed by atoms with Crippen molar-refractivity contribution in [2.24, 2.45) is 0 Å². The summed E-state index contributed by atoms with van der Waals surface area (Å²) in [5, 5.41) is 0. The Hall–Kier alpha value is -2.17. The number of methoxy groups -OCH3 is 1. The van der Waals surface area contributed by atoms with Crippen LogP contribution in [0, 0.1) is 0 Å². The van der Waals surface area contributed by atoms with Crippen molar-refractivity contribution in [1.82, 2.24) is 9.21 Å². The number of carbonyl (C=O) groups excluding carboxylic acids is 2. The fourth-order valence-electron chi connectivity index (χ4n) is 2.81. The number of sulfonamides is 1. The number of ether oxygens (including phenoxy) is 3. The van der Waals surface area contributed by atoms with Crippen molar-refractivity contribution in [3.8, 4) is 5.75 Å². The molecular weight excluding hydrogens is 388 g/mol. The van der Waals surface area contributed by atoms with Gasteiger partial charge in [0.1, 0.15) is 10.6 Å². The van der Waals surface area contributed by atoms with E-state index in [0.29, 0.717) is 26.3 Å². The number of amides is 1. The zero-order valence-electron chi connectivity index (χ0n) is 16.3. The molecule has 0 unspecified atom stereocenters. The van der Waals surface area contributed by atoms with Crippen LogP contribution in [0.4, 0.5) is 0 Å². The van der Waals surface area contributed by atoms with Crippen LogP contribution >= 0.6 is 0 Å². The van der Waals surface area contributed by atoms with Crippen molar-refractivity contribution >= 4 is 21.9 Å². The predicted octanol–water partition coefficient (Wildman–Crippen LogP) is 0.741.